The highest BCUT2D eigenvalue weighted by Gasteiger charge is 2.17. The van der Waals surface area contributed by atoms with Gasteiger partial charge in [0.1, 0.15) is 0 Å². The first-order valence-electron chi connectivity index (χ1n) is 6.26. The van der Waals surface area contributed by atoms with Crippen molar-refractivity contribution in [2.75, 3.05) is 17.1 Å². The SMILES string of the molecule is CCOC(=O)CS(=O)(=O)Nc1ccc(-c2ccn[nH]2)cc1. The van der Waals surface area contributed by atoms with Crippen LogP contribution in [0.1, 0.15) is 6.92 Å². The Kier molecular flexibility index (Phi) is 4.59. The Morgan fingerprint density at radius 1 is 1.29 bits per heavy atom. The van der Waals surface area contributed by atoms with E-state index in [0.29, 0.717) is 5.69 Å². The van der Waals surface area contributed by atoms with Crippen molar-refractivity contribution in [3.8, 4) is 11.3 Å². The van der Waals surface area contributed by atoms with E-state index in [1.165, 1.54) is 0 Å². The van der Waals surface area contributed by atoms with E-state index < -0.39 is 21.7 Å². The average Bonchev–Trinajstić information content (AvgIpc) is 2.92. The van der Waals surface area contributed by atoms with E-state index in [0.717, 1.165) is 11.3 Å². The lowest BCUT2D eigenvalue weighted by atomic mass is 10.1. The Hall–Kier alpha value is -2.35. The Morgan fingerprint density at radius 2 is 2.00 bits per heavy atom. The maximum Gasteiger partial charge on any atom is 0.323 e. The van der Waals surface area contributed by atoms with Crippen molar-refractivity contribution in [2.45, 2.75) is 6.92 Å². The number of H-pyrrole nitrogens is 1. The number of carbonyl (C=O) groups excluding carboxylic acids is 1. The number of esters is 1. The molecular weight excluding hydrogens is 294 g/mol. The van der Waals surface area contributed by atoms with E-state index in [1.807, 2.05) is 0 Å². The summed E-state index contributed by atoms with van der Waals surface area (Å²) in [7, 11) is -3.77. The number of nitrogens with one attached hydrogen (secondary N) is 2. The summed E-state index contributed by atoms with van der Waals surface area (Å²) in [4.78, 5) is 11.2. The Balaban J connectivity index is 2.04. The van der Waals surface area contributed by atoms with Gasteiger partial charge in [0, 0.05) is 11.9 Å². The van der Waals surface area contributed by atoms with Crippen LogP contribution in [0.4, 0.5) is 5.69 Å². The number of carbonyl (C=O) groups is 1. The molecule has 0 saturated heterocycles. The van der Waals surface area contributed by atoms with Gasteiger partial charge in [-0.1, -0.05) is 12.1 Å². The highest BCUT2D eigenvalue weighted by molar-refractivity contribution is 7.93. The zero-order valence-electron chi connectivity index (χ0n) is 11.4. The summed E-state index contributed by atoms with van der Waals surface area (Å²) < 4.78 is 30.5. The van der Waals surface area contributed by atoms with E-state index in [9.17, 15) is 13.2 Å². The largest absolute Gasteiger partial charge is 0.465 e. The third-order valence-electron chi connectivity index (χ3n) is 2.58. The number of sulfonamides is 1. The van der Waals surface area contributed by atoms with Crippen molar-refractivity contribution in [1.29, 1.82) is 0 Å². The summed E-state index contributed by atoms with van der Waals surface area (Å²) in [5, 5.41) is 6.65. The maximum atomic E-state index is 11.8. The van der Waals surface area contributed by atoms with Crippen LogP contribution in [0, 0.1) is 0 Å². The number of ether oxygens (including phenoxy) is 1. The van der Waals surface area contributed by atoms with E-state index in [1.54, 1.807) is 43.5 Å². The number of nitrogens with zero attached hydrogens (tertiary/aromatic N) is 1. The average molecular weight is 309 g/mol. The van der Waals surface area contributed by atoms with Gasteiger partial charge in [0.2, 0.25) is 10.0 Å². The van der Waals surface area contributed by atoms with Crippen molar-refractivity contribution < 1.29 is 17.9 Å². The minimum Gasteiger partial charge on any atom is -0.465 e. The van der Waals surface area contributed by atoms with E-state index in [2.05, 4.69) is 19.7 Å². The quantitative estimate of drug-likeness (QED) is 0.785. The fourth-order valence-electron chi connectivity index (χ4n) is 1.71. The molecule has 1 aromatic heterocycles. The molecule has 1 heterocycles. The molecule has 0 aliphatic heterocycles. The summed E-state index contributed by atoms with van der Waals surface area (Å²) in [5.74, 6) is -1.48. The normalized spacial score (nSPS) is 11.1. The topological polar surface area (TPSA) is 101 Å². The van der Waals surface area contributed by atoms with Gasteiger partial charge in [-0.3, -0.25) is 14.6 Å². The number of anilines is 1. The molecule has 2 rings (SSSR count). The van der Waals surface area contributed by atoms with Crippen molar-refractivity contribution in [3.05, 3.63) is 36.5 Å². The first kappa shape index (κ1) is 15.0. The number of hydrogen-bond donors (Lipinski definition) is 2. The Morgan fingerprint density at radius 3 is 2.57 bits per heavy atom. The summed E-state index contributed by atoms with van der Waals surface area (Å²) in [6.07, 6.45) is 1.63. The molecule has 0 amide bonds. The molecule has 0 aliphatic rings. The monoisotopic (exact) mass is 309 g/mol. The van der Waals surface area contributed by atoms with Crippen LogP contribution in [-0.4, -0.2) is 36.9 Å². The molecule has 2 aromatic rings. The Bertz CT molecular complexity index is 694. The summed E-state index contributed by atoms with van der Waals surface area (Å²) in [5.41, 5.74) is 2.08. The van der Waals surface area contributed by atoms with Crippen LogP contribution in [0.2, 0.25) is 0 Å². The lowest BCUT2D eigenvalue weighted by molar-refractivity contribution is -0.139. The minimum atomic E-state index is -3.77. The summed E-state index contributed by atoms with van der Waals surface area (Å²) in [6.45, 7) is 1.76. The second kappa shape index (κ2) is 6.40. The number of rotatable bonds is 6. The second-order valence-electron chi connectivity index (χ2n) is 4.21. The zero-order chi connectivity index (χ0) is 15.3. The molecule has 1 aromatic carbocycles. The molecular formula is C13H15N3O4S. The van der Waals surface area contributed by atoms with Gasteiger partial charge in [-0.05, 0) is 30.7 Å². The molecule has 112 valence electrons. The van der Waals surface area contributed by atoms with Gasteiger partial charge in [0.25, 0.3) is 0 Å². The predicted molar refractivity (Wildman–Crippen MR) is 78.1 cm³/mol. The van der Waals surface area contributed by atoms with E-state index in [4.69, 9.17) is 0 Å². The van der Waals surface area contributed by atoms with Gasteiger partial charge in [-0.2, -0.15) is 5.10 Å². The van der Waals surface area contributed by atoms with Gasteiger partial charge < -0.3 is 4.74 Å². The molecule has 7 nitrogen and oxygen atoms in total. The molecule has 8 heteroatoms. The Labute approximate surface area is 122 Å². The number of hydrogen-bond acceptors (Lipinski definition) is 5. The van der Waals surface area contributed by atoms with E-state index in [-0.39, 0.29) is 6.61 Å². The lowest BCUT2D eigenvalue weighted by Gasteiger charge is -2.08. The first-order valence-corrected chi connectivity index (χ1v) is 7.91. The van der Waals surface area contributed by atoms with Crippen LogP contribution in [0.5, 0.6) is 0 Å². The summed E-state index contributed by atoms with van der Waals surface area (Å²) in [6, 6.07) is 8.52. The molecule has 21 heavy (non-hydrogen) atoms. The highest BCUT2D eigenvalue weighted by atomic mass is 32.2. The molecule has 2 N–H and O–H groups in total. The fraction of sp³-hybridized carbons (Fsp3) is 0.231. The molecule has 0 aliphatic carbocycles. The van der Waals surface area contributed by atoms with Crippen LogP contribution in [0.25, 0.3) is 11.3 Å². The number of benzene rings is 1. The third-order valence-corrected chi connectivity index (χ3v) is 3.75. The number of aromatic amines is 1. The van der Waals surface area contributed by atoms with Crippen molar-refractivity contribution in [2.24, 2.45) is 0 Å². The van der Waals surface area contributed by atoms with Crippen LogP contribution < -0.4 is 4.72 Å². The minimum absolute atomic E-state index is 0.146. The van der Waals surface area contributed by atoms with Crippen LogP contribution >= 0.6 is 0 Å². The molecule has 0 atom stereocenters. The van der Waals surface area contributed by atoms with Crippen molar-refractivity contribution in [3.63, 3.8) is 0 Å². The van der Waals surface area contributed by atoms with Crippen molar-refractivity contribution >= 4 is 21.7 Å². The van der Waals surface area contributed by atoms with Gasteiger partial charge in [-0.25, -0.2) is 8.42 Å². The smallest absolute Gasteiger partial charge is 0.323 e. The maximum absolute atomic E-state index is 11.8. The van der Waals surface area contributed by atoms with Crippen LogP contribution in [0.15, 0.2) is 36.5 Å². The van der Waals surface area contributed by atoms with Crippen LogP contribution in [0.3, 0.4) is 0 Å². The molecule has 0 fully saturated rings. The van der Waals surface area contributed by atoms with Gasteiger partial charge in [-0.15, -0.1) is 0 Å². The fourth-order valence-corrected chi connectivity index (χ4v) is 2.67. The predicted octanol–water partition coefficient (Wildman–Crippen LogP) is 1.38. The first-order chi connectivity index (χ1) is 10.00. The van der Waals surface area contributed by atoms with Gasteiger partial charge in [0.15, 0.2) is 5.75 Å². The highest BCUT2D eigenvalue weighted by Crippen LogP contribution is 2.19. The van der Waals surface area contributed by atoms with Crippen molar-refractivity contribution in [1.82, 2.24) is 10.2 Å². The standard InChI is InChI=1S/C13H15N3O4S/c1-2-20-13(17)9-21(18,19)16-11-5-3-10(4-6-11)12-7-8-14-15-12/h3-8,16H,2,9H2,1H3,(H,14,15). The third kappa shape index (κ3) is 4.32. The molecule has 0 bridgehead atoms. The zero-order valence-corrected chi connectivity index (χ0v) is 12.2. The van der Waals surface area contributed by atoms with E-state index >= 15 is 0 Å². The van der Waals surface area contributed by atoms with Gasteiger partial charge in [0.05, 0.1) is 12.3 Å². The molecule has 0 spiro atoms. The molecule has 0 saturated carbocycles. The lowest BCUT2D eigenvalue weighted by Crippen LogP contribution is -2.24. The number of aromatic nitrogens is 2. The molecule has 0 radical (unpaired) electrons. The second-order valence-corrected chi connectivity index (χ2v) is 5.94. The molecule has 0 unspecified atom stereocenters. The van der Waals surface area contributed by atoms with Crippen LogP contribution in [-0.2, 0) is 19.6 Å². The summed E-state index contributed by atoms with van der Waals surface area (Å²) >= 11 is 0. The van der Waals surface area contributed by atoms with Gasteiger partial charge >= 0.3 is 5.97 Å².